The summed E-state index contributed by atoms with van der Waals surface area (Å²) in [5.74, 6) is -0.0172. The van der Waals surface area contributed by atoms with Gasteiger partial charge >= 0.3 is 5.97 Å². The monoisotopic (exact) mass is 404 g/mol. The minimum atomic E-state index is -3.50. The van der Waals surface area contributed by atoms with E-state index in [0.717, 1.165) is 24.8 Å². The number of hydrogen-bond acceptors (Lipinski definition) is 4. The fourth-order valence-corrected chi connectivity index (χ4v) is 7.35. The molecule has 0 bridgehead atoms. The maximum atomic E-state index is 13.5. The van der Waals surface area contributed by atoms with Crippen molar-refractivity contribution in [3.63, 3.8) is 0 Å². The molecule has 0 aromatic heterocycles. The zero-order valence-electron chi connectivity index (χ0n) is 17.4. The largest absolute Gasteiger partial charge is 0.466 e. The molecule has 4 nitrogen and oxygen atoms in total. The van der Waals surface area contributed by atoms with Gasteiger partial charge in [-0.1, -0.05) is 57.0 Å². The maximum absolute atomic E-state index is 13.5. The van der Waals surface area contributed by atoms with Crippen LogP contribution in [0.25, 0.3) is 0 Å². The molecule has 1 saturated carbocycles. The normalized spacial score (nSPS) is 29.5. The molecule has 1 aromatic rings. The van der Waals surface area contributed by atoms with Crippen molar-refractivity contribution >= 4 is 15.8 Å². The topological polar surface area (TPSA) is 60.4 Å². The summed E-state index contributed by atoms with van der Waals surface area (Å²) in [6, 6.07) is 8.73. The van der Waals surface area contributed by atoms with Crippen LogP contribution in [0, 0.1) is 16.7 Å². The Labute approximate surface area is 169 Å². The molecular formula is C23H32O4S. The van der Waals surface area contributed by atoms with Crippen molar-refractivity contribution in [2.24, 2.45) is 16.7 Å². The van der Waals surface area contributed by atoms with Gasteiger partial charge in [0.05, 0.1) is 16.8 Å². The van der Waals surface area contributed by atoms with Crippen LogP contribution < -0.4 is 0 Å². The fraction of sp³-hybridized carbons (Fsp3) is 0.609. The van der Waals surface area contributed by atoms with Crippen molar-refractivity contribution in [2.75, 3.05) is 6.61 Å². The van der Waals surface area contributed by atoms with Gasteiger partial charge in [0.15, 0.2) is 9.84 Å². The van der Waals surface area contributed by atoms with E-state index in [1.807, 2.05) is 6.07 Å². The predicted octanol–water partition coefficient (Wildman–Crippen LogP) is 4.94. The number of carbonyl (C=O) groups is 1. The van der Waals surface area contributed by atoms with E-state index in [9.17, 15) is 13.2 Å². The van der Waals surface area contributed by atoms with Gasteiger partial charge in [0.25, 0.3) is 0 Å². The average Bonchev–Trinajstić information content (AvgIpc) is 2.61. The van der Waals surface area contributed by atoms with E-state index in [4.69, 9.17) is 4.74 Å². The van der Waals surface area contributed by atoms with Gasteiger partial charge in [-0.3, -0.25) is 4.79 Å². The molecule has 154 valence electrons. The Morgan fingerprint density at radius 2 is 1.82 bits per heavy atom. The molecule has 1 fully saturated rings. The Balaban J connectivity index is 2.02. The summed E-state index contributed by atoms with van der Waals surface area (Å²) < 4.78 is 32.2. The minimum Gasteiger partial charge on any atom is -0.466 e. The minimum absolute atomic E-state index is 0.00395. The number of rotatable bonds is 5. The maximum Gasteiger partial charge on any atom is 0.302 e. The lowest BCUT2D eigenvalue weighted by molar-refractivity contribution is -0.140. The molecule has 0 amide bonds. The van der Waals surface area contributed by atoms with Gasteiger partial charge in [-0.05, 0) is 48.1 Å². The summed E-state index contributed by atoms with van der Waals surface area (Å²) in [5.41, 5.74) is 1.01. The number of sulfone groups is 1. The van der Waals surface area contributed by atoms with Crippen LogP contribution in [-0.2, 0) is 19.4 Å². The van der Waals surface area contributed by atoms with E-state index in [2.05, 4.69) is 26.8 Å². The summed E-state index contributed by atoms with van der Waals surface area (Å²) in [4.78, 5) is 11.6. The molecule has 0 N–H and O–H groups in total. The zero-order chi connectivity index (χ0) is 20.6. The Bertz CT molecular complexity index is 854. The summed E-state index contributed by atoms with van der Waals surface area (Å²) >= 11 is 0. The molecule has 2 aliphatic carbocycles. The van der Waals surface area contributed by atoms with Crippen molar-refractivity contribution in [1.29, 1.82) is 0 Å². The van der Waals surface area contributed by atoms with Crippen LogP contribution in [0.5, 0.6) is 0 Å². The van der Waals surface area contributed by atoms with E-state index < -0.39 is 15.1 Å². The number of hydrogen-bond donors (Lipinski definition) is 0. The van der Waals surface area contributed by atoms with Crippen LogP contribution >= 0.6 is 0 Å². The van der Waals surface area contributed by atoms with Crippen molar-refractivity contribution in [1.82, 2.24) is 0 Å². The molecule has 28 heavy (non-hydrogen) atoms. The van der Waals surface area contributed by atoms with Crippen LogP contribution in [0.3, 0.4) is 0 Å². The van der Waals surface area contributed by atoms with Gasteiger partial charge in [-0.2, -0.15) is 0 Å². The number of carbonyl (C=O) groups excluding carboxylic acids is 1. The van der Waals surface area contributed by atoms with Gasteiger partial charge in [-0.15, -0.1) is 0 Å². The second-order valence-corrected chi connectivity index (χ2v) is 11.4. The molecule has 2 aliphatic rings. The highest BCUT2D eigenvalue weighted by atomic mass is 32.2. The van der Waals surface area contributed by atoms with Gasteiger partial charge in [0.2, 0.25) is 0 Å². The standard InChI is InChI=1S/C23H32O4S/c1-17(24)27-14-11-18-16-23(4)13-8-12-22(2,3)21(23)15-20(18)28(25,26)19-9-6-5-7-10-19/h5-7,9-10,16,20-21H,8,11-15H2,1-4H3/t20-,21+,23-/m1/s1. The summed E-state index contributed by atoms with van der Waals surface area (Å²) in [6.07, 6.45) is 6.69. The fourth-order valence-electron chi connectivity index (χ4n) is 5.46. The highest BCUT2D eigenvalue weighted by molar-refractivity contribution is 7.92. The van der Waals surface area contributed by atoms with Crippen LogP contribution in [0.15, 0.2) is 46.9 Å². The summed E-state index contributed by atoms with van der Waals surface area (Å²) in [7, 11) is -3.50. The molecule has 3 rings (SSSR count). The Morgan fingerprint density at radius 3 is 2.46 bits per heavy atom. The SMILES string of the molecule is CC(=O)OCCC1=C[C@@]2(C)CCCC(C)(C)[C@@H]2C[C@H]1S(=O)(=O)c1ccccc1. The molecule has 1 aromatic carbocycles. The third kappa shape index (κ3) is 4.05. The molecule has 0 aliphatic heterocycles. The Kier molecular flexibility index (Phi) is 5.77. The third-order valence-electron chi connectivity index (χ3n) is 6.80. The van der Waals surface area contributed by atoms with Gasteiger partial charge < -0.3 is 4.74 Å². The van der Waals surface area contributed by atoms with Gasteiger partial charge in [0, 0.05) is 13.3 Å². The van der Waals surface area contributed by atoms with Crippen LogP contribution in [0.4, 0.5) is 0 Å². The summed E-state index contributed by atoms with van der Waals surface area (Å²) in [5, 5.41) is -0.555. The number of esters is 1. The Hall–Kier alpha value is -1.62. The molecule has 0 spiro atoms. The van der Waals surface area contributed by atoms with E-state index in [-0.39, 0.29) is 23.4 Å². The first-order chi connectivity index (χ1) is 13.1. The van der Waals surface area contributed by atoms with E-state index in [0.29, 0.717) is 23.7 Å². The second kappa shape index (κ2) is 7.66. The molecule has 0 radical (unpaired) electrons. The zero-order valence-corrected chi connectivity index (χ0v) is 18.2. The lowest BCUT2D eigenvalue weighted by atomic mass is 9.53. The van der Waals surface area contributed by atoms with Crippen LogP contribution in [0.2, 0.25) is 0 Å². The molecule has 0 heterocycles. The van der Waals surface area contributed by atoms with Gasteiger partial charge in [0.1, 0.15) is 0 Å². The van der Waals surface area contributed by atoms with Crippen molar-refractivity contribution in [3.8, 4) is 0 Å². The first kappa shape index (κ1) is 21.1. The van der Waals surface area contributed by atoms with Crippen molar-refractivity contribution in [3.05, 3.63) is 42.0 Å². The predicted molar refractivity (Wildman–Crippen MR) is 111 cm³/mol. The number of benzene rings is 1. The lowest BCUT2D eigenvalue weighted by Crippen LogP contribution is -2.47. The smallest absolute Gasteiger partial charge is 0.302 e. The lowest BCUT2D eigenvalue weighted by Gasteiger charge is -2.53. The highest BCUT2D eigenvalue weighted by Gasteiger charge is 2.51. The Morgan fingerprint density at radius 1 is 1.14 bits per heavy atom. The van der Waals surface area contributed by atoms with Crippen molar-refractivity contribution < 1.29 is 17.9 Å². The molecule has 0 unspecified atom stereocenters. The first-order valence-electron chi connectivity index (χ1n) is 10.2. The number of allylic oxidation sites excluding steroid dienone is 1. The second-order valence-electron chi connectivity index (χ2n) is 9.29. The van der Waals surface area contributed by atoms with Crippen LogP contribution in [0.1, 0.15) is 59.8 Å². The number of fused-ring (bicyclic) bond motifs is 1. The van der Waals surface area contributed by atoms with Gasteiger partial charge in [-0.25, -0.2) is 8.42 Å². The number of ether oxygens (including phenoxy) is 1. The van der Waals surface area contributed by atoms with E-state index in [1.54, 1.807) is 24.3 Å². The highest BCUT2D eigenvalue weighted by Crippen LogP contribution is 2.57. The van der Waals surface area contributed by atoms with E-state index in [1.165, 1.54) is 6.92 Å². The quantitative estimate of drug-likeness (QED) is 0.515. The average molecular weight is 405 g/mol. The molecule has 5 heteroatoms. The molecule has 3 atom stereocenters. The van der Waals surface area contributed by atoms with Crippen molar-refractivity contribution in [2.45, 2.75) is 69.9 Å². The third-order valence-corrected chi connectivity index (χ3v) is 8.97. The molecular weight excluding hydrogens is 372 g/mol. The van der Waals surface area contributed by atoms with E-state index >= 15 is 0 Å². The van der Waals surface area contributed by atoms with Crippen LogP contribution in [-0.4, -0.2) is 26.2 Å². The molecule has 0 saturated heterocycles. The first-order valence-corrected chi connectivity index (χ1v) is 11.7. The summed E-state index contributed by atoms with van der Waals surface area (Å²) in [6.45, 7) is 8.44.